The molecule has 0 aromatic rings. The molecule has 90 valence electrons. The van der Waals surface area contributed by atoms with Crippen LogP contribution in [-0.2, 0) is 14.3 Å². The number of halogens is 3. The number of Topliss-reactive ketones (excluding diaryl/α,β-unsaturated/α-hetero) is 1. The van der Waals surface area contributed by atoms with Gasteiger partial charge in [-0.15, -0.1) is 0 Å². The number of cyclic esters (lactones) is 1. The molecule has 2 rings (SSSR count). The van der Waals surface area contributed by atoms with E-state index in [0.717, 1.165) is 0 Å². The number of ether oxygens (including phenoxy) is 1. The van der Waals surface area contributed by atoms with Crippen molar-refractivity contribution in [3.63, 3.8) is 0 Å². The van der Waals surface area contributed by atoms with Crippen LogP contribution >= 0.6 is 34.8 Å². The first-order valence-corrected chi connectivity index (χ1v) is 5.99. The molecule has 0 saturated carbocycles. The first-order chi connectivity index (χ1) is 7.30. The molecular weight excluding hydrogens is 276 g/mol. The van der Waals surface area contributed by atoms with E-state index in [-0.39, 0.29) is 5.78 Å². The fourth-order valence-corrected chi connectivity index (χ4v) is 2.89. The van der Waals surface area contributed by atoms with E-state index in [4.69, 9.17) is 39.5 Å². The zero-order chi connectivity index (χ0) is 12.1. The third kappa shape index (κ3) is 1.55. The fourth-order valence-electron chi connectivity index (χ4n) is 2.40. The smallest absolute Gasteiger partial charge is 0.336 e. The third-order valence-corrected chi connectivity index (χ3v) is 3.69. The van der Waals surface area contributed by atoms with Crippen LogP contribution in [0.4, 0.5) is 0 Å². The predicted octanol–water partition coefficient (Wildman–Crippen LogP) is 1.66. The number of alkyl halides is 3. The number of carbonyl (C=O) groups excluding carboxylic acids is 2. The summed E-state index contributed by atoms with van der Waals surface area (Å²) < 4.78 is 3.29. The first kappa shape index (κ1) is 12.4. The molecule has 0 aliphatic carbocycles. The van der Waals surface area contributed by atoms with Crippen LogP contribution in [0.25, 0.3) is 0 Å². The average Bonchev–Trinajstić information content (AvgIpc) is 2.64. The van der Waals surface area contributed by atoms with Gasteiger partial charge in [-0.2, -0.15) is 0 Å². The standard InChI is InChI=1S/C9H10Cl3NO3/c1-5(14)8-3-2-4-13(8)6(9(10,11)12)16-7(8)15/h6H,2-4H2,1H3/t6-,8-/m0/s1. The lowest BCUT2D eigenvalue weighted by Crippen LogP contribution is -2.53. The molecule has 4 nitrogen and oxygen atoms in total. The molecule has 0 bridgehead atoms. The Labute approximate surface area is 108 Å². The maximum Gasteiger partial charge on any atom is 0.336 e. The molecule has 2 heterocycles. The van der Waals surface area contributed by atoms with Crippen molar-refractivity contribution in [2.24, 2.45) is 0 Å². The minimum atomic E-state index is -1.74. The number of rotatable bonds is 1. The van der Waals surface area contributed by atoms with Gasteiger partial charge in [-0.3, -0.25) is 4.79 Å². The van der Waals surface area contributed by atoms with Gasteiger partial charge in [0, 0.05) is 6.54 Å². The Morgan fingerprint density at radius 3 is 2.69 bits per heavy atom. The Morgan fingerprint density at radius 2 is 2.19 bits per heavy atom. The Balaban J connectivity index is 2.41. The van der Waals surface area contributed by atoms with Gasteiger partial charge in [0.2, 0.25) is 10.0 Å². The number of ketones is 1. The van der Waals surface area contributed by atoms with E-state index >= 15 is 0 Å². The Bertz CT molecular complexity index is 354. The van der Waals surface area contributed by atoms with E-state index in [1.807, 2.05) is 0 Å². The molecule has 0 unspecified atom stereocenters. The average molecular weight is 287 g/mol. The summed E-state index contributed by atoms with van der Waals surface area (Å²) in [7, 11) is 0. The van der Waals surface area contributed by atoms with Crippen molar-refractivity contribution in [1.29, 1.82) is 0 Å². The van der Waals surface area contributed by atoms with Crippen molar-refractivity contribution in [3.8, 4) is 0 Å². The van der Waals surface area contributed by atoms with Gasteiger partial charge in [-0.1, -0.05) is 34.8 Å². The topological polar surface area (TPSA) is 46.6 Å². The Morgan fingerprint density at radius 1 is 1.56 bits per heavy atom. The predicted molar refractivity (Wildman–Crippen MR) is 59.5 cm³/mol. The van der Waals surface area contributed by atoms with E-state index in [2.05, 4.69) is 0 Å². The summed E-state index contributed by atoms with van der Waals surface area (Å²) >= 11 is 17.2. The SMILES string of the molecule is CC(=O)[C@]12CCCN1[C@H](C(Cl)(Cl)Cl)OC2=O. The summed E-state index contributed by atoms with van der Waals surface area (Å²) in [6.07, 6.45) is 0.168. The summed E-state index contributed by atoms with van der Waals surface area (Å²) in [6.45, 7) is 1.88. The largest absolute Gasteiger partial charge is 0.440 e. The van der Waals surface area contributed by atoms with Gasteiger partial charge in [0.1, 0.15) is 0 Å². The molecule has 0 amide bonds. The second-order valence-electron chi connectivity index (χ2n) is 4.01. The molecule has 16 heavy (non-hydrogen) atoms. The molecule has 0 N–H and O–H groups in total. The van der Waals surface area contributed by atoms with Gasteiger partial charge in [0.05, 0.1) is 0 Å². The second-order valence-corrected chi connectivity index (χ2v) is 6.38. The quantitative estimate of drug-likeness (QED) is 0.418. The highest BCUT2D eigenvalue weighted by Crippen LogP contribution is 2.46. The van der Waals surface area contributed by atoms with Gasteiger partial charge in [-0.05, 0) is 19.8 Å². The lowest BCUT2D eigenvalue weighted by molar-refractivity contribution is -0.148. The molecule has 2 atom stereocenters. The zero-order valence-corrected chi connectivity index (χ0v) is 10.8. The van der Waals surface area contributed by atoms with Crippen molar-refractivity contribution in [2.75, 3.05) is 6.54 Å². The highest BCUT2D eigenvalue weighted by atomic mass is 35.6. The summed E-state index contributed by atoms with van der Waals surface area (Å²) in [4.78, 5) is 25.0. The number of hydrogen-bond acceptors (Lipinski definition) is 4. The van der Waals surface area contributed by atoms with E-state index in [0.29, 0.717) is 19.4 Å². The van der Waals surface area contributed by atoms with Crippen LogP contribution in [0, 0.1) is 0 Å². The van der Waals surface area contributed by atoms with Crippen LogP contribution in [0.15, 0.2) is 0 Å². The maximum absolute atomic E-state index is 11.8. The summed E-state index contributed by atoms with van der Waals surface area (Å²) in [5, 5.41) is 0. The highest BCUT2D eigenvalue weighted by molar-refractivity contribution is 6.68. The molecule has 7 heteroatoms. The molecular formula is C9H10Cl3NO3. The first-order valence-electron chi connectivity index (χ1n) is 4.86. The van der Waals surface area contributed by atoms with Crippen LogP contribution in [0.1, 0.15) is 19.8 Å². The molecule has 0 aromatic carbocycles. The fraction of sp³-hybridized carbons (Fsp3) is 0.778. The molecule has 0 spiro atoms. The summed E-state index contributed by atoms with van der Waals surface area (Å²) in [6, 6.07) is 0. The van der Waals surface area contributed by atoms with Crippen molar-refractivity contribution < 1.29 is 14.3 Å². The highest BCUT2D eigenvalue weighted by Gasteiger charge is 2.64. The lowest BCUT2D eigenvalue weighted by atomic mass is 9.93. The van der Waals surface area contributed by atoms with Crippen LogP contribution in [0.2, 0.25) is 0 Å². The minimum Gasteiger partial charge on any atom is -0.440 e. The van der Waals surface area contributed by atoms with Crippen molar-refractivity contribution in [2.45, 2.75) is 35.3 Å². The summed E-state index contributed by atoms with van der Waals surface area (Å²) in [5.41, 5.74) is -1.23. The Hall–Kier alpha value is -0.0300. The van der Waals surface area contributed by atoms with Crippen molar-refractivity contribution >= 4 is 46.6 Å². The van der Waals surface area contributed by atoms with E-state index < -0.39 is 21.5 Å². The van der Waals surface area contributed by atoms with Crippen LogP contribution < -0.4 is 0 Å². The van der Waals surface area contributed by atoms with Crippen molar-refractivity contribution in [3.05, 3.63) is 0 Å². The number of esters is 1. The van der Waals surface area contributed by atoms with Gasteiger partial charge in [0.25, 0.3) is 0 Å². The van der Waals surface area contributed by atoms with Crippen LogP contribution in [0.3, 0.4) is 0 Å². The lowest BCUT2D eigenvalue weighted by Gasteiger charge is -2.30. The maximum atomic E-state index is 11.8. The van der Waals surface area contributed by atoms with Gasteiger partial charge in [-0.25, -0.2) is 9.69 Å². The molecule has 0 radical (unpaired) electrons. The molecule has 2 fully saturated rings. The van der Waals surface area contributed by atoms with E-state index in [9.17, 15) is 9.59 Å². The Kier molecular flexibility index (Phi) is 2.90. The van der Waals surface area contributed by atoms with Gasteiger partial charge < -0.3 is 4.74 Å². The number of nitrogens with zero attached hydrogens (tertiary/aromatic N) is 1. The number of fused-ring (bicyclic) bond motifs is 1. The molecule has 2 saturated heterocycles. The van der Waals surface area contributed by atoms with Crippen LogP contribution in [0.5, 0.6) is 0 Å². The van der Waals surface area contributed by atoms with Gasteiger partial charge in [0.15, 0.2) is 11.3 Å². The second kappa shape index (κ2) is 3.73. The van der Waals surface area contributed by atoms with Crippen LogP contribution in [-0.4, -0.2) is 38.8 Å². The van der Waals surface area contributed by atoms with E-state index in [1.54, 1.807) is 4.90 Å². The number of carbonyl (C=O) groups is 2. The minimum absolute atomic E-state index is 0.258. The molecule has 2 aliphatic rings. The third-order valence-electron chi connectivity index (χ3n) is 3.13. The molecule has 0 aromatic heterocycles. The van der Waals surface area contributed by atoms with Gasteiger partial charge >= 0.3 is 5.97 Å². The van der Waals surface area contributed by atoms with E-state index in [1.165, 1.54) is 6.92 Å². The number of hydrogen-bond donors (Lipinski definition) is 0. The molecule has 2 aliphatic heterocycles. The van der Waals surface area contributed by atoms with Crippen molar-refractivity contribution in [1.82, 2.24) is 4.90 Å². The summed E-state index contributed by atoms with van der Waals surface area (Å²) in [5.74, 6) is -0.861. The normalized spacial score (nSPS) is 35.0. The zero-order valence-electron chi connectivity index (χ0n) is 8.50. The monoisotopic (exact) mass is 285 g/mol.